The van der Waals surface area contributed by atoms with Gasteiger partial charge in [0.05, 0.1) is 31.7 Å². The lowest BCUT2D eigenvalue weighted by atomic mass is 10.1. The summed E-state index contributed by atoms with van der Waals surface area (Å²) in [5.41, 5.74) is 5.89. The number of thiazole rings is 1. The molecule has 1 amide bonds. The van der Waals surface area contributed by atoms with Gasteiger partial charge in [-0.05, 0) is 31.4 Å². The molecule has 3 N–H and O–H groups in total. The number of methoxy groups -OCH3 is 1. The number of carbonyl (C=O) groups excluding carboxylic acids is 1. The number of rotatable bonds is 4. The second-order valence-corrected chi connectivity index (χ2v) is 7.99. The second kappa shape index (κ2) is 13.7. The van der Waals surface area contributed by atoms with Crippen LogP contribution in [0.4, 0.5) is 18.9 Å². The molecule has 12 heteroatoms. The first-order chi connectivity index (χ1) is 16.4. The minimum absolute atomic E-state index is 0.0558. The van der Waals surface area contributed by atoms with Crippen molar-refractivity contribution in [3.63, 3.8) is 0 Å². The van der Waals surface area contributed by atoms with E-state index in [0.29, 0.717) is 18.9 Å². The summed E-state index contributed by atoms with van der Waals surface area (Å²) in [4.78, 5) is 16.2. The normalized spacial score (nSPS) is 15.2. The number of halogens is 3. The Bertz CT molecular complexity index is 1050. The molecular weight excluding hydrogens is 471 g/mol. The maximum absolute atomic E-state index is 14.3. The zero-order valence-electron chi connectivity index (χ0n) is 19.2. The van der Waals surface area contributed by atoms with Gasteiger partial charge >= 0.3 is 0 Å². The minimum Gasteiger partial charge on any atom is -0.494 e. The Morgan fingerprint density at radius 2 is 2.06 bits per heavy atom. The molecule has 2 aromatic heterocycles. The molecule has 0 aliphatic carbocycles. The third-order valence-electron chi connectivity index (χ3n) is 4.69. The molecule has 1 saturated heterocycles. The predicted molar refractivity (Wildman–Crippen MR) is 125 cm³/mol. The van der Waals surface area contributed by atoms with E-state index in [1.54, 1.807) is 13.2 Å². The van der Waals surface area contributed by atoms with Crippen molar-refractivity contribution in [2.75, 3.05) is 32.8 Å². The van der Waals surface area contributed by atoms with Crippen LogP contribution in [0.15, 0.2) is 29.9 Å². The molecule has 186 valence electrons. The molecule has 3 heterocycles. The standard InChI is InChI=1S/C15H12F2N4O2S.C6H13NO.CH3F/c1-21-6-8(5-18-21)19-14(22)10-7-24-15(20-10)12-9(16)3-4-11(23-2)13(12)17;7-6-2-1-4-8-5-3-6;1-2/h3-7H,1-2H3,(H,19,22);6H,1-5,7H2;1H3. The minimum atomic E-state index is -0.855. The van der Waals surface area contributed by atoms with E-state index in [-0.39, 0.29) is 22.0 Å². The summed E-state index contributed by atoms with van der Waals surface area (Å²) in [5, 5.41) is 8.02. The molecule has 0 saturated carbocycles. The summed E-state index contributed by atoms with van der Waals surface area (Å²) < 4.78 is 49.3. The Kier molecular flexibility index (Phi) is 11.0. The van der Waals surface area contributed by atoms with Crippen molar-refractivity contribution in [1.82, 2.24) is 14.8 Å². The first-order valence-electron chi connectivity index (χ1n) is 10.4. The lowest BCUT2D eigenvalue weighted by Crippen LogP contribution is -2.19. The lowest BCUT2D eigenvalue weighted by molar-refractivity contribution is 0.102. The third-order valence-corrected chi connectivity index (χ3v) is 5.55. The van der Waals surface area contributed by atoms with E-state index in [9.17, 15) is 18.0 Å². The summed E-state index contributed by atoms with van der Waals surface area (Å²) >= 11 is 0.966. The molecular formula is C22H28F3N5O3S. The van der Waals surface area contributed by atoms with Crippen LogP contribution in [-0.4, -0.2) is 54.2 Å². The van der Waals surface area contributed by atoms with E-state index >= 15 is 0 Å². The van der Waals surface area contributed by atoms with Crippen molar-refractivity contribution in [2.45, 2.75) is 25.3 Å². The van der Waals surface area contributed by atoms with Gasteiger partial charge in [-0.1, -0.05) is 0 Å². The number of benzene rings is 1. The summed E-state index contributed by atoms with van der Waals surface area (Å²) in [6.45, 7) is 1.77. The molecule has 4 rings (SSSR count). The molecule has 0 radical (unpaired) electrons. The van der Waals surface area contributed by atoms with Gasteiger partial charge in [0, 0.05) is 37.9 Å². The molecule has 1 fully saturated rings. The number of anilines is 1. The van der Waals surface area contributed by atoms with Crippen LogP contribution >= 0.6 is 11.3 Å². The van der Waals surface area contributed by atoms with E-state index in [2.05, 4.69) is 15.4 Å². The maximum atomic E-state index is 14.3. The zero-order valence-corrected chi connectivity index (χ0v) is 20.0. The van der Waals surface area contributed by atoms with Crippen LogP contribution in [0.1, 0.15) is 29.8 Å². The van der Waals surface area contributed by atoms with Crippen molar-refractivity contribution < 1.29 is 27.4 Å². The lowest BCUT2D eigenvalue weighted by Gasteiger charge is -2.06. The number of hydrogen-bond acceptors (Lipinski definition) is 7. The molecule has 0 bridgehead atoms. The smallest absolute Gasteiger partial charge is 0.275 e. The molecule has 1 aliphatic heterocycles. The highest BCUT2D eigenvalue weighted by Crippen LogP contribution is 2.33. The Morgan fingerprint density at radius 1 is 1.29 bits per heavy atom. The molecule has 1 aliphatic rings. The average molecular weight is 500 g/mol. The topological polar surface area (TPSA) is 104 Å². The van der Waals surface area contributed by atoms with Crippen LogP contribution in [0.25, 0.3) is 10.6 Å². The maximum Gasteiger partial charge on any atom is 0.275 e. The van der Waals surface area contributed by atoms with Gasteiger partial charge in [-0.15, -0.1) is 11.3 Å². The van der Waals surface area contributed by atoms with Crippen LogP contribution in [0.3, 0.4) is 0 Å². The number of hydrogen-bond donors (Lipinski definition) is 2. The zero-order chi connectivity index (χ0) is 25.1. The van der Waals surface area contributed by atoms with E-state index < -0.39 is 17.5 Å². The summed E-state index contributed by atoms with van der Waals surface area (Å²) in [5.74, 6) is -2.22. The van der Waals surface area contributed by atoms with Gasteiger partial charge in [-0.2, -0.15) is 5.10 Å². The quantitative estimate of drug-likeness (QED) is 0.558. The first-order valence-corrected chi connectivity index (χ1v) is 11.3. The van der Waals surface area contributed by atoms with E-state index in [4.69, 9.17) is 15.2 Å². The highest BCUT2D eigenvalue weighted by molar-refractivity contribution is 7.13. The second-order valence-electron chi connectivity index (χ2n) is 7.14. The van der Waals surface area contributed by atoms with Crippen molar-refractivity contribution in [3.8, 4) is 16.3 Å². The van der Waals surface area contributed by atoms with Crippen molar-refractivity contribution in [2.24, 2.45) is 12.8 Å². The fourth-order valence-electron chi connectivity index (χ4n) is 2.99. The van der Waals surface area contributed by atoms with Crippen LogP contribution in [0, 0.1) is 11.6 Å². The van der Waals surface area contributed by atoms with Gasteiger partial charge in [0.15, 0.2) is 11.6 Å². The van der Waals surface area contributed by atoms with Crippen molar-refractivity contribution >= 4 is 22.9 Å². The fourth-order valence-corrected chi connectivity index (χ4v) is 3.83. The SMILES string of the molecule is CF.COc1ccc(F)c(-c2nc(C(=O)Nc3cnn(C)c3)cs2)c1F.NC1CCCOCC1. The molecule has 8 nitrogen and oxygen atoms in total. The summed E-state index contributed by atoms with van der Waals surface area (Å²) in [6.07, 6.45) is 6.42. The Morgan fingerprint density at radius 3 is 2.74 bits per heavy atom. The molecule has 1 atom stereocenters. The third kappa shape index (κ3) is 7.54. The number of nitrogens with zero attached hydrogens (tertiary/aromatic N) is 3. The van der Waals surface area contributed by atoms with Gasteiger partial charge in [-0.3, -0.25) is 13.9 Å². The van der Waals surface area contributed by atoms with Gasteiger partial charge in [0.2, 0.25) is 0 Å². The number of aromatic nitrogens is 3. The molecule has 3 aromatic rings. The van der Waals surface area contributed by atoms with Crippen molar-refractivity contribution in [1.29, 1.82) is 0 Å². The first kappa shape index (κ1) is 27.3. The average Bonchev–Trinajstić information content (AvgIpc) is 3.40. The number of nitrogens with one attached hydrogen (secondary N) is 1. The largest absolute Gasteiger partial charge is 0.494 e. The fraction of sp³-hybridized carbons (Fsp3) is 0.409. The number of carbonyl (C=O) groups is 1. The monoisotopic (exact) mass is 499 g/mol. The Balaban J connectivity index is 0.000000343. The number of amides is 1. The molecule has 1 aromatic carbocycles. The van der Waals surface area contributed by atoms with Crippen LogP contribution < -0.4 is 15.8 Å². The molecule has 1 unspecified atom stereocenters. The van der Waals surface area contributed by atoms with E-state index in [0.717, 1.165) is 49.9 Å². The van der Waals surface area contributed by atoms with Crippen LogP contribution in [0.2, 0.25) is 0 Å². The molecule has 34 heavy (non-hydrogen) atoms. The van der Waals surface area contributed by atoms with E-state index in [1.165, 1.54) is 29.4 Å². The van der Waals surface area contributed by atoms with Gasteiger partial charge < -0.3 is 20.5 Å². The number of nitrogens with two attached hydrogens (primary N) is 1. The van der Waals surface area contributed by atoms with Gasteiger partial charge in [0.25, 0.3) is 5.91 Å². The number of aryl methyl sites for hydroxylation is 1. The predicted octanol–water partition coefficient (Wildman–Crippen LogP) is 4.18. The summed E-state index contributed by atoms with van der Waals surface area (Å²) in [7, 11) is 3.50. The number of ether oxygens (including phenoxy) is 2. The summed E-state index contributed by atoms with van der Waals surface area (Å²) in [6, 6.07) is 2.68. The Hall–Kier alpha value is -2.96. The van der Waals surface area contributed by atoms with Gasteiger partial charge in [-0.25, -0.2) is 13.8 Å². The van der Waals surface area contributed by atoms with Crippen molar-refractivity contribution in [3.05, 3.63) is 47.2 Å². The molecule has 0 spiro atoms. The van der Waals surface area contributed by atoms with Crippen LogP contribution in [-0.2, 0) is 11.8 Å². The number of alkyl halides is 1. The van der Waals surface area contributed by atoms with Gasteiger partial charge in [0.1, 0.15) is 16.5 Å². The highest BCUT2D eigenvalue weighted by atomic mass is 32.1. The van der Waals surface area contributed by atoms with E-state index in [1.807, 2.05) is 0 Å². The Labute approximate surface area is 199 Å². The highest BCUT2D eigenvalue weighted by Gasteiger charge is 2.21. The van der Waals surface area contributed by atoms with Crippen LogP contribution in [0.5, 0.6) is 5.75 Å².